The largest absolute Gasteiger partial charge is 0.308 e. The van der Waals surface area contributed by atoms with Gasteiger partial charge in [-0.3, -0.25) is 4.90 Å². The molecule has 1 aromatic rings. The summed E-state index contributed by atoms with van der Waals surface area (Å²) in [6.45, 7) is 14.8. The fourth-order valence-electron chi connectivity index (χ4n) is 3.54. The number of hydrogen-bond donors (Lipinski definition) is 1. The molecule has 0 spiro atoms. The molecule has 1 aliphatic rings. The molecule has 21 heavy (non-hydrogen) atoms. The van der Waals surface area contributed by atoms with Gasteiger partial charge in [0.1, 0.15) is 0 Å². The lowest BCUT2D eigenvalue weighted by Crippen LogP contribution is -2.63. The van der Waals surface area contributed by atoms with Gasteiger partial charge < -0.3 is 5.32 Å². The molecule has 2 rings (SSSR count). The first-order chi connectivity index (χ1) is 10.0. The Kier molecular flexibility index (Phi) is 5.45. The van der Waals surface area contributed by atoms with Crippen LogP contribution in [0.5, 0.6) is 0 Å². The molecule has 2 heteroatoms. The normalized spacial score (nSPS) is 22.4. The van der Waals surface area contributed by atoms with Gasteiger partial charge in [0.25, 0.3) is 0 Å². The van der Waals surface area contributed by atoms with Crippen LogP contribution < -0.4 is 5.32 Å². The van der Waals surface area contributed by atoms with Crippen LogP contribution in [0, 0.1) is 13.8 Å². The third-order valence-electron chi connectivity index (χ3n) is 5.44. The topological polar surface area (TPSA) is 15.3 Å². The van der Waals surface area contributed by atoms with Crippen molar-refractivity contribution in [3.05, 3.63) is 34.9 Å². The predicted molar refractivity (Wildman–Crippen MR) is 91.7 cm³/mol. The minimum atomic E-state index is 0.309. The SMILES string of the molecule is CCC1CNC(CC)(CC)CN1Cc1cc(C)ccc1C. The van der Waals surface area contributed by atoms with Crippen molar-refractivity contribution in [1.82, 2.24) is 10.2 Å². The van der Waals surface area contributed by atoms with E-state index < -0.39 is 0 Å². The van der Waals surface area contributed by atoms with Crippen LogP contribution in [0.4, 0.5) is 0 Å². The molecule has 0 saturated carbocycles. The monoisotopic (exact) mass is 288 g/mol. The second kappa shape index (κ2) is 6.93. The average molecular weight is 288 g/mol. The first-order valence-electron chi connectivity index (χ1n) is 8.58. The first-order valence-corrected chi connectivity index (χ1v) is 8.58. The zero-order valence-corrected chi connectivity index (χ0v) is 14.5. The fraction of sp³-hybridized carbons (Fsp3) is 0.684. The zero-order chi connectivity index (χ0) is 15.5. The van der Waals surface area contributed by atoms with Gasteiger partial charge >= 0.3 is 0 Å². The Labute approximate surface area is 130 Å². The number of piperazine rings is 1. The Morgan fingerprint density at radius 3 is 2.52 bits per heavy atom. The molecule has 0 amide bonds. The van der Waals surface area contributed by atoms with Crippen molar-refractivity contribution in [1.29, 1.82) is 0 Å². The number of hydrogen-bond acceptors (Lipinski definition) is 2. The first kappa shape index (κ1) is 16.5. The summed E-state index contributed by atoms with van der Waals surface area (Å²) in [6.07, 6.45) is 3.65. The summed E-state index contributed by atoms with van der Waals surface area (Å²) in [5.41, 5.74) is 4.60. The lowest BCUT2D eigenvalue weighted by Gasteiger charge is -2.47. The number of nitrogens with zero attached hydrogens (tertiary/aromatic N) is 1. The lowest BCUT2D eigenvalue weighted by atomic mass is 9.87. The third kappa shape index (κ3) is 3.67. The molecule has 118 valence electrons. The van der Waals surface area contributed by atoms with Gasteiger partial charge in [0.2, 0.25) is 0 Å². The lowest BCUT2D eigenvalue weighted by molar-refractivity contribution is 0.0642. The van der Waals surface area contributed by atoms with Crippen molar-refractivity contribution in [3.63, 3.8) is 0 Å². The van der Waals surface area contributed by atoms with Gasteiger partial charge in [-0.2, -0.15) is 0 Å². The van der Waals surface area contributed by atoms with Crippen molar-refractivity contribution in [2.45, 2.75) is 72.0 Å². The predicted octanol–water partition coefficient (Wildman–Crippen LogP) is 4.05. The Morgan fingerprint density at radius 2 is 1.90 bits per heavy atom. The van der Waals surface area contributed by atoms with Gasteiger partial charge in [-0.15, -0.1) is 0 Å². The maximum atomic E-state index is 3.83. The standard InChI is InChI=1S/C19H32N2/c1-6-18-12-20-19(7-2,8-3)14-21(18)13-17-11-15(4)9-10-16(17)5/h9-11,18,20H,6-8,12-14H2,1-5H3. The highest BCUT2D eigenvalue weighted by molar-refractivity contribution is 5.30. The van der Waals surface area contributed by atoms with Crippen molar-refractivity contribution >= 4 is 0 Å². The van der Waals surface area contributed by atoms with E-state index in [-0.39, 0.29) is 0 Å². The van der Waals surface area contributed by atoms with Crippen LogP contribution in [-0.2, 0) is 6.54 Å². The highest BCUT2D eigenvalue weighted by Crippen LogP contribution is 2.26. The van der Waals surface area contributed by atoms with Crippen LogP contribution in [-0.4, -0.2) is 29.6 Å². The molecule has 2 nitrogen and oxygen atoms in total. The van der Waals surface area contributed by atoms with Crippen molar-refractivity contribution in [2.75, 3.05) is 13.1 Å². The summed E-state index contributed by atoms with van der Waals surface area (Å²) in [7, 11) is 0. The van der Waals surface area contributed by atoms with E-state index >= 15 is 0 Å². The van der Waals surface area contributed by atoms with Gasteiger partial charge in [-0.25, -0.2) is 0 Å². The molecule has 1 saturated heterocycles. The molecule has 1 atom stereocenters. The molecule has 0 bridgehead atoms. The number of benzene rings is 1. The van der Waals surface area contributed by atoms with Crippen LogP contribution in [0.1, 0.15) is 56.7 Å². The van der Waals surface area contributed by atoms with Crippen LogP contribution in [0.25, 0.3) is 0 Å². The molecule has 1 aromatic carbocycles. The summed E-state index contributed by atoms with van der Waals surface area (Å²) in [5, 5.41) is 3.83. The van der Waals surface area contributed by atoms with Crippen LogP contribution in [0.3, 0.4) is 0 Å². The van der Waals surface area contributed by atoms with E-state index in [1.807, 2.05) is 0 Å². The van der Waals surface area contributed by atoms with Gasteiger partial charge in [-0.1, -0.05) is 44.5 Å². The van der Waals surface area contributed by atoms with Gasteiger partial charge in [0, 0.05) is 31.2 Å². The summed E-state index contributed by atoms with van der Waals surface area (Å²) >= 11 is 0. The second-order valence-electron chi connectivity index (χ2n) is 6.77. The average Bonchev–Trinajstić information content (AvgIpc) is 2.51. The fourth-order valence-corrected chi connectivity index (χ4v) is 3.54. The van der Waals surface area contributed by atoms with Crippen LogP contribution in [0.2, 0.25) is 0 Å². The van der Waals surface area contributed by atoms with Crippen molar-refractivity contribution in [3.8, 4) is 0 Å². The Balaban J connectivity index is 2.19. The molecule has 0 aromatic heterocycles. The van der Waals surface area contributed by atoms with Crippen molar-refractivity contribution < 1.29 is 0 Å². The molecular weight excluding hydrogens is 256 g/mol. The molecule has 1 unspecified atom stereocenters. The quantitative estimate of drug-likeness (QED) is 0.879. The minimum Gasteiger partial charge on any atom is -0.308 e. The Bertz CT molecular complexity index is 463. The minimum absolute atomic E-state index is 0.309. The highest BCUT2D eigenvalue weighted by Gasteiger charge is 2.35. The Hall–Kier alpha value is -0.860. The molecule has 0 radical (unpaired) electrons. The molecule has 1 heterocycles. The van der Waals surface area contributed by atoms with Crippen molar-refractivity contribution in [2.24, 2.45) is 0 Å². The second-order valence-corrected chi connectivity index (χ2v) is 6.77. The van der Waals surface area contributed by atoms with E-state index in [9.17, 15) is 0 Å². The molecule has 1 N–H and O–H groups in total. The third-order valence-corrected chi connectivity index (χ3v) is 5.44. The maximum Gasteiger partial charge on any atom is 0.0304 e. The molecular formula is C19H32N2. The van der Waals surface area contributed by atoms with E-state index in [2.05, 4.69) is 63.0 Å². The smallest absolute Gasteiger partial charge is 0.0304 e. The van der Waals surface area contributed by atoms with Crippen LogP contribution in [0.15, 0.2) is 18.2 Å². The van der Waals surface area contributed by atoms with Gasteiger partial charge in [0.05, 0.1) is 0 Å². The number of aryl methyl sites for hydroxylation is 2. The summed E-state index contributed by atoms with van der Waals surface area (Å²) in [5.74, 6) is 0. The summed E-state index contributed by atoms with van der Waals surface area (Å²) < 4.78 is 0. The summed E-state index contributed by atoms with van der Waals surface area (Å²) in [6, 6.07) is 7.51. The zero-order valence-electron chi connectivity index (χ0n) is 14.5. The Morgan fingerprint density at radius 1 is 1.19 bits per heavy atom. The van der Waals surface area contributed by atoms with E-state index in [0.29, 0.717) is 11.6 Å². The highest BCUT2D eigenvalue weighted by atomic mass is 15.2. The van der Waals surface area contributed by atoms with E-state index in [1.165, 1.54) is 42.5 Å². The summed E-state index contributed by atoms with van der Waals surface area (Å²) in [4.78, 5) is 2.71. The molecule has 1 aliphatic heterocycles. The van der Waals surface area contributed by atoms with Crippen LogP contribution >= 0.6 is 0 Å². The van der Waals surface area contributed by atoms with Gasteiger partial charge in [-0.05, 0) is 44.2 Å². The van der Waals surface area contributed by atoms with E-state index in [1.54, 1.807) is 0 Å². The number of nitrogens with one attached hydrogen (secondary N) is 1. The van der Waals surface area contributed by atoms with E-state index in [4.69, 9.17) is 0 Å². The van der Waals surface area contributed by atoms with E-state index in [0.717, 1.165) is 13.1 Å². The molecule has 1 fully saturated rings. The molecule has 0 aliphatic carbocycles. The number of rotatable bonds is 5. The van der Waals surface area contributed by atoms with Gasteiger partial charge in [0.15, 0.2) is 0 Å². The maximum absolute atomic E-state index is 3.83.